The Kier molecular flexibility index (Phi) is 3.93. The Hall–Kier alpha value is -3.18. The first-order chi connectivity index (χ1) is 12.6. The molecule has 0 atom stereocenters. The number of hydrogen-bond donors (Lipinski definition) is 1. The van der Waals surface area contributed by atoms with E-state index in [1.807, 2.05) is 30.3 Å². The molecule has 0 saturated carbocycles. The number of aldehydes is 1. The fourth-order valence-electron chi connectivity index (χ4n) is 3.05. The number of benzene rings is 3. The van der Waals surface area contributed by atoms with Crippen molar-refractivity contribution < 1.29 is 13.2 Å². The first-order valence-electron chi connectivity index (χ1n) is 8.08. The minimum Gasteiger partial charge on any atom is -0.354 e. The van der Waals surface area contributed by atoms with Crippen LogP contribution in [0.4, 0.5) is 0 Å². The van der Waals surface area contributed by atoms with E-state index in [0.717, 1.165) is 17.4 Å². The van der Waals surface area contributed by atoms with Gasteiger partial charge in [-0.2, -0.15) is 0 Å². The van der Waals surface area contributed by atoms with Gasteiger partial charge in [-0.1, -0.05) is 48.5 Å². The lowest BCUT2D eigenvalue weighted by Crippen LogP contribution is -2.01. The van der Waals surface area contributed by atoms with Gasteiger partial charge in [-0.05, 0) is 35.9 Å². The van der Waals surface area contributed by atoms with Crippen LogP contribution < -0.4 is 0 Å². The number of fused-ring (bicyclic) bond motifs is 1. The van der Waals surface area contributed by atoms with Crippen LogP contribution in [0.5, 0.6) is 0 Å². The molecule has 0 amide bonds. The smallest absolute Gasteiger partial charge is 0.206 e. The van der Waals surface area contributed by atoms with Crippen molar-refractivity contribution in [2.75, 3.05) is 0 Å². The SMILES string of the molecule is O=Cc1c(-c2ccccc2)[nH]c2ccc(S(=O)(=O)c3ccccc3)cc12. The van der Waals surface area contributed by atoms with Crippen molar-refractivity contribution in [1.29, 1.82) is 0 Å². The molecule has 4 aromatic rings. The molecule has 0 unspecified atom stereocenters. The maximum absolute atomic E-state index is 12.9. The Bertz CT molecular complexity index is 1190. The Morgan fingerprint density at radius 2 is 1.42 bits per heavy atom. The van der Waals surface area contributed by atoms with Gasteiger partial charge in [0, 0.05) is 16.5 Å². The zero-order chi connectivity index (χ0) is 18.1. The van der Waals surface area contributed by atoms with Crippen LogP contribution in [0.2, 0.25) is 0 Å². The number of carbonyl (C=O) groups excluding carboxylic acids is 1. The van der Waals surface area contributed by atoms with Crippen LogP contribution >= 0.6 is 0 Å². The summed E-state index contributed by atoms with van der Waals surface area (Å²) in [6.45, 7) is 0. The van der Waals surface area contributed by atoms with Crippen molar-refractivity contribution in [3.8, 4) is 11.3 Å². The lowest BCUT2D eigenvalue weighted by atomic mass is 10.1. The highest BCUT2D eigenvalue weighted by atomic mass is 32.2. The van der Waals surface area contributed by atoms with E-state index < -0.39 is 9.84 Å². The molecule has 0 fully saturated rings. The fraction of sp³-hybridized carbons (Fsp3) is 0. The van der Waals surface area contributed by atoms with E-state index >= 15 is 0 Å². The Morgan fingerprint density at radius 1 is 0.769 bits per heavy atom. The molecular formula is C21H15NO3S. The molecule has 3 aromatic carbocycles. The van der Waals surface area contributed by atoms with Crippen LogP contribution in [-0.4, -0.2) is 19.7 Å². The van der Waals surface area contributed by atoms with E-state index in [9.17, 15) is 13.2 Å². The van der Waals surface area contributed by atoms with Crippen LogP contribution in [0.15, 0.2) is 88.7 Å². The molecule has 4 rings (SSSR count). The lowest BCUT2D eigenvalue weighted by molar-refractivity contribution is 0.112. The number of H-pyrrole nitrogens is 1. The number of rotatable bonds is 4. The van der Waals surface area contributed by atoms with E-state index in [2.05, 4.69) is 4.98 Å². The van der Waals surface area contributed by atoms with Crippen molar-refractivity contribution in [2.24, 2.45) is 0 Å². The van der Waals surface area contributed by atoms with Gasteiger partial charge in [0.2, 0.25) is 9.84 Å². The minimum absolute atomic E-state index is 0.165. The molecule has 0 spiro atoms. The van der Waals surface area contributed by atoms with Gasteiger partial charge in [-0.15, -0.1) is 0 Å². The molecule has 1 aromatic heterocycles. The maximum atomic E-state index is 12.9. The summed E-state index contributed by atoms with van der Waals surface area (Å²) >= 11 is 0. The van der Waals surface area contributed by atoms with Gasteiger partial charge in [0.1, 0.15) is 0 Å². The maximum Gasteiger partial charge on any atom is 0.206 e. The average molecular weight is 361 g/mol. The van der Waals surface area contributed by atoms with E-state index in [1.165, 1.54) is 0 Å². The molecule has 0 bridgehead atoms. The molecule has 0 aliphatic rings. The molecular weight excluding hydrogens is 346 g/mol. The Labute approximate surface area is 151 Å². The molecule has 0 radical (unpaired) electrons. The monoisotopic (exact) mass is 361 g/mol. The van der Waals surface area contributed by atoms with Crippen molar-refractivity contribution in [3.63, 3.8) is 0 Å². The van der Waals surface area contributed by atoms with Gasteiger partial charge in [0.15, 0.2) is 6.29 Å². The molecule has 1 N–H and O–H groups in total. The summed E-state index contributed by atoms with van der Waals surface area (Å²) in [5, 5.41) is 0.593. The van der Waals surface area contributed by atoms with Crippen molar-refractivity contribution >= 4 is 27.0 Å². The van der Waals surface area contributed by atoms with Crippen LogP contribution in [0.1, 0.15) is 10.4 Å². The summed E-state index contributed by atoms with van der Waals surface area (Å²) in [5.74, 6) is 0. The molecule has 128 valence electrons. The van der Waals surface area contributed by atoms with Gasteiger partial charge in [-0.3, -0.25) is 4.79 Å². The summed E-state index contributed by atoms with van der Waals surface area (Å²) in [5.41, 5.74) is 2.73. The van der Waals surface area contributed by atoms with E-state index in [1.54, 1.807) is 48.5 Å². The van der Waals surface area contributed by atoms with Gasteiger partial charge in [-0.25, -0.2) is 8.42 Å². The van der Waals surface area contributed by atoms with Gasteiger partial charge in [0.25, 0.3) is 0 Å². The number of sulfone groups is 1. The first-order valence-corrected chi connectivity index (χ1v) is 9.56. The number of aromatic nitrogens is 1. The predicted octanol–water partition coefficient (Wildman–Crippen LogP) is 4.48. The van der Waals surface area contributed by atoms with Gasteiger partial charge in [0.05, 0.1) is 15.5 Å². The van der Waals surface area contributed by atoms with Crippen molar-refractivity contribution in [1.82, 2.24) is 4.98 Å². The number of aromatic amines is 1. The van der Waals surface area contributed by atoms with Crippen molar-refractivity contribution in [2.45, 2.75) is 9.79 Å². The lowest BCUT2D eigenvalue weighted by Gasteiger charge is -2.04. The third-order valence-electron chi connectivity index (χ3n) is 4.35. The van der Waals surface area contributed by atoms with Gasteiger partial charge >= 0.3 is 0 Å². The second-order valence-electron chi connectivity index (χ2n) is 5.92. The summed E-state index contributed by atoms with van der Waals surface area (Å²) in [7, 11) is -3.64. The molecule has 0 saturated heterocycles. The Morgan fingerprint density at radius 3 is 2.08 bits per heavy atom. The second kappa shape index (κ2) is 6.28. The summed E-state index contributed by atoms with van der Waals surface area (Å²) in [4.78, 5) is 15.4. The predicted molar refractivity (Wildman–Crippen MR) is 101 cm³/mol. The van der Waals surface area contributed by atoms with Crippen LogP contribution in [-0.2, 0) is 9.84 Å². The molecule has 0 aliphatic carbocycles. The average Bonchev–Trinajstić information content (AvgIpc) is 3.07. The van der Waals surface area contributed by atoms with Gasteiger partial charge < -0.3 is 4.98 Å². The van der Waals surface area contributed by atoms with Crippen LogP contribution in [0.25, 0.3) is 22.2 Å². The standard InChI is InChI=1S/C21H15NO3S/c23-14-19-18-13-17(26(24,25)16-9-5-2-6-10-16)11-12-20(18)22-21(19)15-7-3-1-4-8-15/h1-14,22H. The van der Waals surface area contributed by atoms with Crippen LogP contribution in [0.3, 0.4) is 0 Å². The third kappa shape index (κ3) is 2.62. The highest BCUT2D eigenvalue weighted by molar-refractivity contribution is 7.91. The molecule has 4 nitrogen and oxygen atoms in total. The summed E-state index contributed by atoms with van der Waals surface area (Å²) in [6, 6.07) is 22.6. The minimum atomic E-state index is -3.64. The quantitative estimate of drug-likeness (QED) is 0.545. The fourth-order valence-corrected chi connectivity index (χ4v) is 4.36. The van der Waals surface area contributed by atoms with E-state index in [-0.39, 0.29) is 9.79 Å². The number of hydrogen-bond acceptors (Lipinski definition) is 3. The highest BCUT2D eigenvalue weighted by Crippen LogP contribution is 2.32. The second-order valence-corrected chi connectivity index (χ2v) is 7.87. The zero-order valence-electron chi connectivity index (χ0n) is 13.7. The first kappa shape index (κ1) is 16.3. The highest BCUT2D eigenvalue weighted by Gasteiger charge is 2.20. The molecule has 5 heteroatoms. The topological polar surface area (TPSA) is 67.0 Å². The summed E-state index contributed by atoms with van der Waals surface area (Å²) < 4.78 is 25.7. The van der Waals surface area contributed by atoms with E-state index in [0.29, 0.717) is 16.6 Å². The Balaban J connectivity index is 1.92. The normalized spacial score (nSPS) is 11.5. The summed E-state index contributed by atoms with van der Waals surface area (Å²) in [6.07, 6.45) is 0.764. The van der Waals surface area contributed by atoms with E-state index in [4.69, 9.17) is 0 Å². The zero-order valence-corrected chi connectivity index (χ0v) is 14.5. The number of nitrogens with one attached hydrogen (secondary N) is 1. The molecule has 1 heterocycles. The number of carbonyl (C=O) groups is 1. The third-order valence-corrected chi connectivity index (χ3v) is 6.12. The van der Waals surface area contributed by atoms with Crippen molar-refractivity contribution in [3.05, 3.63) is 84.4 Å². The largest absolute Gasteiger partial charge is 0.354 e. The molecule has 0 aliphatic heterocycles. The van der Waals surface area contributed by atoms with Crippen LogP contribution in [0, 0.1) is 0 Å². The molecule has 26 heavy (non-hydrogen) atoms.